The van der Waals surface area contributed by atoms with Crippen LogP contribution in [-0.2, 0) is 9.53 Å². The van der Waals surface area contributed by atoms with Crippen molar-refractivity contribution >= 4 is 17.7 Å². The van der Waals surface area contributed by atoms with Crippen molar-refractivity contribution in [2.24, 2.45) is 0 Å². The summed E-state index contributed by atoms with van der Waals surface area (Å²) in [5, 5.41) is 12.3. The highest BCUT2D eigenvalue weighted by atomic mass is 32.2. The van der Waals surface area contributed by atoms with Crippen molar-refractivity contribution in [2.75, 3.05) is 18.6 Å². The van der Waals surface area contributed by atoms with E-state index in [1.54, 1.807) is 0 Å². The van der Waals surface area contributed by atoms with Crippen LogP contribution in [0.1, 0.15) is 24.5 Å². The fraction of sp³-hybridized carbons (Fsp3) is 0.467. The molecule has 0 radical (unpaired) electrons. The van der Waals surface area contributed by atoms with E-state index in [2.05, 4.69) is 11.4 Å². The van der Waals surface area contributed by atoms with Crippen molar-refractivity contribution in [3.63, 3.8) is 0 Å². The van der Waals surface area contributed by atoms with Crippen molar-refractivity contribution in [1.82, 2.24) is 5.32 Å². The zero-order valence-corrected chi connectivity index (χ0v) is 12.3. The number of hydrogen-bond donors (Lipinski definition) is 1. The molecule has 1 N–H and O–H groups in total. The summed E-state index contributed by atoms with van der Waals surface area (Å²) in [6.45, 7) is 0. The molecule has 1 heterocycles. The second-order valence-corrected chi connectivity index (χ2v) is 6.05. The summed E-state index contributed by atoms with van der Waals surface area (Å²) >= 11 is 1.82. The molecule has 1 unspecified atom stereocenters. The van der Waals surface area contributed by atoms with E-state index < -0.39 is 11.6 Å². The first-order valence-electron chi connectivity index (χ1n) is 6.59. The quantitative estimate of drug-likeness (QED) is 0.924. The van der Waals surface area contributed by atoms with E-state index in [4.69, 9.17) is 4.74 Å². The van der Waals surface area contributed by atoms with Crippen LogP contribution in [0.15, 0.2) is 30.3 Å². The van der Waals surface area contributed by atoms with Crippen LogP contribution < -0.4 is 5.32 Å². The summed E-state index contributed by atoms with van der Waals surface area (Å²) in [7, 11) is 1.51. The Bertz CT molecular complexity index is 492. The van der Waals surface area contributed by atoms with Crippen LogP contribution in [0.5, 0.6) is 0 Å². The smallest absolute Gasteiger partial charge is 0.254 e. The first kappa shape index (κ1) is 14.9. The first-order valence-corrected chi connectivity index (χ1v) is 7.75. The lowest BCUT2D eigenvalue weighted by molar-refractivity contribution is -0.133. The van der Waals surface area contributed by atoms with Crippen LogP contribution in [0.25, 0.3) is 0 Å². The van der Waals surface area contributed by atoms with E-state index in [1.165, 1.54) is 7.11 Å². The highest BCUT2D eigenvalue weighted by Gasteiger charge is 2.36. The van der Waals surface area contributed by atoms with Gasteiger partial charge in [0.25, 0.3) is 5.91 Å². The number of ether oxygens (including phenoxy) is 1. The Kier molecular flexibility index (Phi) is 5.05. The van der Waals surface area contributed by atoms with Crippen molar-refractivity contribution in [2.45, 2.75) is 24.5 Å². The third-order valence-corrected chi connectivity index (χ3v) is 4.48. The fourth-order valence-corrected chi connectivity index (χ4v) is 3.50. The van der Waals surface area contributed by atoms with Gasteiger partial charge in [-0.15, -0.1) is 0 Å². The van der Waals surface area contributed by atoms with Gasteiger partial charge in [-0.3, -0.25) is 4.79 Å². The fourth-order valence-electron chi connectivity index (χ4n) is 2.31. The molecule has 0 spiro atoms. The lowest BCUT2D eigenvalue weighted by Crippen LogP contribution is -2.51. The molecule has 0 aliphatic carbocycles. The maximum Gasteiger partial charge on any atom is 0.254 e. The molecule has 1 fully saturated rings. The molecule has 1 atom stereocenters. The minimum atomic E-state index is -0.742. The summed E-state index contributed by atoms with van der Waals surface area (Å²) < 4.78 is 5.30. The van der Waals surface area contributed by atoms with Gasteiger partial charge in [-0.05, 0) is 29.9 Å². The normalized spacial score (nSPS) is 18.8. The molecule has 1 saturated heterocycles. The van der Waals surface area contributed by atoms with E-state index >= 15 is 0 Å². The van der Waals surface area contributed by atoms with Crippen molar-refractivity contribution in [1.29, 1.82) is 5.26 Å². The number of hydrogen-bond acceptors (Lipinski definition) is 4. The topological polar surface area (TPSA) is 62.1 Å². The number of carbonyl (C=O) groups excluding carboxylic acids is 1. The van der Waals surface area contributed by atoms with Gasteiger partial charge < -0.3 is 10.1 Å². The Hall–Kier alpha value is -1.51. The zero-order chi connectivity index (χ0) is 14.4. The Morgan fingerprint density at radius 1 is 1.40 bits per heavy atom. The maximum absolute atomic E-state index is 12.4. The number of carbonyl (C=O) groups is 1. The number of nitrogens with zero attached hydrogens (tertiary/aromatic N) is 1. The van der Waals surface area contributed by atoms with Gasteiger partial charge in [0, 0.05) is 7.11 Å². The number of benzene rings is 1. The average molecular weight is 290 g/mol. The lowest BCUT2D eigenvalue weighted by Gasteiger charge is -2.32. The maximum atomic E-state index is 12.4. The summed E-state index contributed by atoms with van der Waals surface area (Å²) in [4.78, 5) is 12.4. The van der Waals surface area contributed by atoms with Crippen LogP contribution in [0.2, 0.25) is 0 Å². The lowest BCUT2D eigenvalue weighted by atomic mass is 9.93. The monoisotopic (exact) mass is 290 g/mol. The third kappa shape index (κ3) is 3.33. The van der Waals surface area contributed by atoms with Gasteiger partial charge >= 0.3 is 0 Å². The first-order chi connectivity index (χ1) is 9.71. The number of methoxy groups -OCH3 is 1. The second-order valence-electron chi connectivity index (χ2n) is 4.82. The summed E-state index contributed by atoms with van der Waals surface area (Å²) in [6, 6.07) is 11.6. The van der Waals surface area contributed by atoms with Crippen LogP contribution in [0.3, 0.4) is 0 Å². The van der Waals surface area contributed by atoms with Gasteiger partial charge in [-0.1, -0.05) is 30.3 Å². The number of amides is 1. The van der Waals surface area contributed by atoms with Crippen LogP contribution >= 0.6 is 11.8 Å². The molecular formula is C15H18N2O2S. The summed E-state index contributed by atoms with van der Waals surface area (Å²) in [5.41, 5.74) is 0.0548. The third-order valence-electron chi connectivity index (χ3n) is 3.50. The van der Waals surface area contributed by atoms with Gasteiger partial charge in [-0.25, -0.2) is 0 Å². The van der Waals surface area contributed by atoms with E-state index in [-0.39, 0.29) is 5.91 Å². The van der Waals surface area contributed by atoms with Gasteiger partial charge in [0.15, 0.2) is 6.10 Å². The molecule has 0 aromatic heterocycles. The minimum absolute atomic E-state index is 0.243. The molecule has 20 heavy (non-hydrogen) atoms. The van der Waals surface area contributed by atoms with E-state index in [0.717, 1.165) is 17.1 Å². The SMILES string of the molecule is COC(C(=O)NC1(C#N)CCSCC1)c1ccccc1. The van der Waals surface area contributed by atoms with E-state index in [1.807, 2.05) is 42.1 Å². The highest BCUT2D eigenvalue weighted by Crippen LogP contribution is 2.28. The molecule has 2 rings (SSSR count). The Morgan fingerprint density at radius 3 is 2.60 bits per heavy atom. The van der Waals surface area contributed by atoms with E-state index in [9.17, 15) is 10.1 Å². The molecule has 1 amide bonds. The number of rotatable bonds is 4. The van der Waals surface area contributed by atoms with Crippen molar-refractivity contribution in [3.8, 4) is 6.07 Å². The number of nitriles is 1. The molecule has 5 heteroatoms. The number of nitrogens with one attached hydrogen (secondary N) is 1. The molecule has 1 aliphatic heterocycles. The molecular weight excluding hydrogens is 272 g/mol. The molecule has 4 nitrogen and oxygen atoms in total. The van der Waals surface area contributed by atoms with Crippen molar-refractivity contribution < 1.29 is 9.53 Å². The van der Waals surface area contributed by atoms with E-state index in [0.29, 0.717) is 12.8 Å². The van der Waals surface area contributed by atoms with Crippen molar-refractivity contribution in [3.05, 3.63) is 35.9 Å². The molecule has 0 bridgehead atoms. The summed E-state index contributed by atoms with van der Waals surface area (Å²) in [5.74, 6) is 1.56. The molecule has 106 valence electrons. The molecule has 1 aromatic carbocycles. The zero-order valence-electron chi connectivity index (χ0n) is 11.5. The second kappa shape index (κ2) is 6.78. The van der Waals surface area contributed by atoms with Crippen LogP contribution in [0, 0.1) is 11.3 Å². The van der Waals surface area contributed by atoms with Gasteiger partial charge in [0.1, 0.15) is 5.54 Å². The highest BCUT2D eigenvalue weighted by molar-refractivity contribution is 7.99. The van der Waals surface area contributed by atoms with Gasteiger partial charge in [0.2, 0.25) is 0 Å². The predicted molar refractivity (Wildman–Crippen MR) is 79.2 cm³/mol. The molecule has 1 aromatic rings. The summed E-state index contributed by atoms with van der Waals surface area (Å²) in [6.07, 6.45) is 0.701. The largest absolute Gasteiger partial charge is 0.367 e. The molecule has 0 saturated carbocycles. The molecule has 1 aliphatic rings. The minimum Gasteiger partial charge on any atom is -0.367 e. The van der Waals surface area contributed by atoms with Crippen LogP contribution in [0.4, 0.5) is 0 Å². The Balaban J connectivity index is 2.11. The Labute approximate surface area is 123 Å². The van der Waals surface area contributed by atoms with Gasteiger partial charge in [0.05, 0.1) is 6.07 Å². The average Bonchev–Trinajstić information content (AvgIpc) is 2.50. The van der Waals surface area contributed by atoms with Gasteiger partial charge in [-0.2, -0.15) is 17.0 Å². The van der Waals surface area contributed by atoms with Crippen LogP contribution in [-0.4, -0.2) is 30.1 Å². The number of thioether (sulfide) groups is 1. The standard InChI is InChI=1S/C15H18N2O2S/c1-19-13(12-5-3-2-4-6-12)14(18)17-15(11-16)7-9-20-10-8-15/h2-6,13H,7-10H2,1H3,(H,17,18). The predicted octanol–water partition coefficient (Wildman–Crippen LogP) is 2.28. The Morgan fingerprint density at radius 2 is 2.05 bits per heavy atom.